The van der Waals surface area contributed by atoms with E-state index in [0.29, 0.717) is 28.5 Å². The Labute approximate surface area is 197 Å². The standard InChI is InChI=1S/C23H32BrN5O3/c1-14-9-18(17(13-30)15(2)23(14,3)4)28-19-11-27-29(22(32)21(19)24)12-20(31)26-10-16-5-7-25-8-6-16/h5-8,11,14-15,17-18,28,30H,9-10,12-13H2,1-4H3,(H,26,31)/t14-,15+,17+,18+/m0/s1. The molecule has 0 unspecified atom stereocenters. The second kappa shape index (κ2) is 10.1. The lowest BCUT2D eigenvalue weighted by atomic mass is 9.58. The minimum atomic E-state index is -0.383. The van der Waals surface area contributed by atoms with Crippen LogP contribution in [0.3, 0.4) is 0 Å². The van der Waals surface area contributed by atoms with E-state index in [1.807, 2.05) is 12.1 Å². The molecule has 2 heterocycles. The SMILES string of the molecule is C[C@@H]1[C@@H](CO)[C@H](Nc2cnn(CC(=O)NCc3ccncc3)c(=O)c2Br)C[C@H](C)C1(C)C. The summed E-state index contributed by atoms with van der Waals surface area (Å²) in [4.78, 5) is 29.0. The quantitative estimate of drug-likeness (QED) is 0.533. The van der Waals surface area contributed by atoms with E-state index in [2.05, 4.69) is 64.3 Å². The van der Waals surface area contributed by atoms with Crippen molar-refractivity contribution >= 4 is 27.5 Å². The van der Waals surface area contributed by atoms with Gasteiger partial charge in [-0.1, -0.05) is 27.7 Å². The zero-order valence-corrected chi connectivity index (χ0v) is 20.6. The number of hydrogen-bond donors (Lipinski definition) is 3. The predicted molar refractivity (Wildman–Crippen MR) is 127 cm³/mol. The lowest BCUT2D eigenvalue weighted by molar-refractivity contribution is -0.122. The van der Waals surface area contributed by atoms with Crippen molar-refractivity contribution in [2.45, 2.75) is 53.2 Å². The molecule has 174 valence electrons. The fourth-order valence-corrected chi connectivity index (χ4v) is 4.85. The number of carbonyl (C=O) groups excluding carboxylic acids is 1. The highest BCUT2D eigenvalue weighted by molar-refractivity contribution is 9.10. The summed E-state index contributed by atoms with van der Waals surface area (Å²) in [5.74, 6) is 0.523. The van der Waals surface area contributed by atoms with Crippen LogP contribution in [0.1, 0.15) is 39.7 Å². The molecular weight excluding hydrogens is 474 g/mol. The Kier molecular flexibility index (Phi) is 7.71. The highest BCUT2D eigenvalue weighted by Gasteiger charge is 2.45. The van der Waals surface area contributed by atoms with Gasteiger partial charge >= 0.3 is 0 Å². The summed E-state index contributed by atoms with van der Waals surface area (Å²) in [5, 5.41) is 20.5. The number of nitrogens with zero attached hydrogens (tertiary/aromatic N) is 3. The summed E-state index contributed by atoms with van der Waals surface area (Å²) >= 11 is 3.38. The van der Waals surface area contributed by atoms with E-state index in [4.69, 9.17) is 0 Å². The van der Waals surface area contributed by atoms with Crippen molar-refractivity contribution in [3.8, 4) is 0 Å². The smallest absolute Gasteiger partial charge is 0.283 e. The Bertz CT molecular complexity index is 995. The zero-order valence-electron chi connectivity index (χ0n) is 19.0. The molecule has 0 spiro atoms. The van der Waals surface area contributed by atoms with E-state index in [1.165, 1.54) is 0 Å². The third-order valence-corrected chi connectivity index (χ3v) is 8.05. The molecule has 0 saturated heterocycles. The number of rotatable bonds is 7. The highest BCUT2D eigenvalue weighted by Crippen LogP contribution is 2.48. The molecule has 1 aliphatic rings. The first kappa shape index (κ1) is 24.4. The number of aliphatic hydroxyl groups is 1. The number of anilines is 1. The molecule has 3 rings (SSSR count). The minimum Gasteiger partial charge on any atom is -0.396 e. The largest absolute Gasteiger partial charge is 0.396 e. The Balaban J connectivity index is 1.69. The third-order valence-electron chi connectivity index (χ3n) is 7.28. The van der Waals surface area contributed by atoms with Crippen molar-refractivity contribution in [2.75, 3.05) is 11.9 Å². The molecule has 0 radical (unpaired) electrons. The fourth-order valence-electron chi connectivity index (χ4n) is 4.43. The Hall–Kier alpha value is -2.26. The summed E-state index contributed by atoms with van der Waals surface area (Å²) in [6.07, 6.45) is 5.76. The van der Waals surface area contributed by atoms with Gasteiger partial charge in [0.1, 0.15) is 11.0 Å². The van der Waals surface area contributed by atoms with Crippen LogP contribution >= 0.6 is 15.9 Å². The van der Waals surface area contributed by atoms with Crippen LogP contribution in [0, 0.1) is 23.2 Å². The van der Waals surface area contributed by atoms with E-state index in [9.17, 15) is 14.7 Å². The van der Waals surface area contributed by atoms with Crippen LogP contribution in [0.2, 0.25) is 0 Å². The number of amides is 1. The average Bonchev–Trinajstić information content (AvgIpc) is 2.77. The molecule has 3 N–H and O–H groups in total. The van der Waals surface area contributed by atoms with E-state index in [0.717, 1.165) is 16.7 Å². The first-order valence-electron chi connectivity index (χ1n) is 10.9. The molecular formula is C23H32BrN5O3. The average molecular weight is 506 g/mol. The maximum Gasteiger partial charge on any atom is 0.283 e. The van der Waals surface area contributed by atoms with E-state index >= 15 is 0 Å². The van der Waals surface area contributed by atoms with Gasteiger partial charge in [-0.3, -0.25) is 14.6 Å². The molecule has 1 fully saturated rings. The van der Waals surface area contributed by atoms with Gasteiger partial charge in [-0.05, 0) is 57.3 Å². The molecule has 2 aromatic rings. The lowest BCUT2D eigenvalue weighted by Gasteiger charge is -2.50. The molecule has 0 bridgehead atoms. The Morgan fingerprint density at radius 3 is 2.66 bits per heavy atom. The van der Waals surface area contributed by atoms with Crippen LogP contribution in [0.5, 0.6) is 0 Å². The molecule has 4 atom stereocenters. The van der Waals surface area contributed by atoms with Crippen molar-refractivity contribution in [3.05, 3.63) is 51.1 Å². The van der Waals surface area contributed by atoms with Crippen LogP contribution in [-0.2, 0) is 17.9 Å². The van der Waals surface area contributed by atoms with Gasteiger partial charge in [0.2, 0.25) is 5.91 Å². The van der Waals surface area contributed by atoms with E-state index in [1.54, 1.807) is 18.6 Å². The van der Waals surface area contributed by atoms with Crippen molar-refractivity contribution in [1.82, 2.24) is 20.1 Å². The van der Waals surface area contributed by atoms with Gasteiger partial charge in [0.15, 0.2) is 0 Å². The summed E-state index contributed by atoms with van der Waals surface area (Å²) < 4.78 is 1.46. The van der Waals surface area contributed by atoms with Crippen LogP contribution < -0.4 is 16.2 Å². The number of halogens is 1. The molecule has 9 heteroatoms. The molecule has 0 aromatic carbocycles. The normalized spacial score (nSPS) is 24.7. The number of aromatic nitrogens is 3. The minimum absolute atomic E-state index is 0.0232. The summed E-state index contributed by atoms with van der Waals surface area (Å²) in [7, 11) is 0. The van der Waals surface area contributed by atoms with Gasteiger partial charge in [-0.15, -0.1) is 0 Å². The third kappa shape index (κ3) is 5.20. The van der Waals surface area contributed by atoms with Gasteiger partial charge in [0.25, 0.3) is 5.56 Å². The molecule has 2 aromatic heterocycles. The Morgan fingerprint density at radius 1 is 1.31 bits per heavy atom. The van der Waals surface area contributed by atoms with E-state index < -0.39 is 0 Å². The van der Waals surface area contributed by atoms with Crippen molar-refractivity contribution in [3.63, 3.8) is 0 Å². The number of aliphatic hydroxyl groups excluding tert-OH is 1. The maximum atomic E-state index is 12.8. The first-order valence-corrected chi connectivity index (χ1v) is 11.7. The van der Waals surface area contributed by atoms with Crippen molar-refractivity contribution < 1.29 is 9.90 Å². The molecule has 0 aliphatic heterocycles. The first-order chi connectivity index (χ1) is 15.1. The molecule has 1 saturated carbocycles. The molecule has 32 heavy (non-hydrogen) atoms. The number of hydrogen-bond acceptors (Lipinski definition) is 6. The lowest BCUT2D eigenvalue weighted by Crippen LogP contribution is -2.50. The molecule has 1 amide bonds. The summed E-state index contributed by atoms with van der Waals surface area (Å²) in [6, 6.07) is 3.65. The molecule has 1 aliphatic carbocycles. The van der Waals surface area contributed by atoms with E-state index in [-0.39, 0.29) is 42.0 Å². The second-order valence-corrected chi connectivity index (χ2v) is 10.1. The van der Waals surface area contributed by atoms with Gasteiger partial charge in [0.05, 0.1) is 11.9 Å². The monoisotopic (exact) mass is 505 g/mol. The van der Waals surface area contributed by atoms with Gasteiger partial charge in [0, 0.05) is 37.5 Å². The van der Waals surface area contributed by atoms with Crippen LogP contribution in [0.15, 0.2) is 40.0 Å². The topological polar surface area (TPSA) is 109 Å². The second-order valence-electron chi connectivity index (χ2n) is 9.31. The van der Waals surface area contributed by atoms with Crippen LogP contribution in [-0.4, -0.2) is 38.4 Å². The molecule has 8 nitrogen and oxygen atoms in total. The zero-order chi connectivity index (χ0) is 23.5. The van der Waals surface area contributed by atoms with Crippen LogP contribution in [0.4, 0.5) is 5.69 Å². The van der Waals surface area contributed by atoms with Crippen LogP contribution in [0.25, 0.3) is 0 Å². The predicted octanol–water partition coefficient (Wildman–Crippen LogP) is 2.81. The number of pyridine rings is 1. The highest BCUT2D eigenvalue weighted by atomic mass is 79.9. The number of carbonyl (C=O) groups is 1. The van der Waals surface area contributed by atoms with Crippen molar-refractivity contribution in [1.29, 1.82) is 0 Å². The van der Waals surface area contributed by atoms with Gasteiger partial charge < -0.3 is 15.7 Å². The number of nitrogens with one attached hydrogen (secondary N) is 2. The fraction of sp³-hybridized carbons (Fsp3) is 0.565. The van der Waals surface area contributed by atoms with Gasteiger partial charge in [-0.2, -0.15) is 5.10 Å². The Morgan fingerprint density at radius 2 is 2.00 bits per heavy atom. The summed E-state index contributed by atoms with van der Waals surface area (Å²) in [5.41, 5.74) is 1.23. The van der Waals surface area contributed by atoms with Gasteiger partial charge in [-0.25, -0.2) is 4.68 Å². The maximum absolute atomic E-state index is 12.8. The van der Waals surface area contributed by atoms with Crippen molar-refractivity contribution in [2.24, 2.45) is 23.2 Å². The summed E-state index contributed by atoms with van der Waals surface area (Å²) in [6.45, 7) is 9.17.